The summed E-state index contributed by atoms with van der Waals surface area (Å²) in [5, 5.41) is 3.82. The molecule has 1 fully saturated rings. The molecule has 3 nitrogen and oxygen atoms in total. The van der Waals surface area contributed by atoms with Crippen LogP contribution in [0.2, 0.25) is 5.02 Å². The summed E-state index contributed by atoms with van der Waals surface area (Å²) >= 11 is 6.12. The zero-order valence-corrected chi connectivity index (χ0v) is 14.4. The summed E-state index contributed by atoms with van der Waals surface area (Å²) in [5.74, 6) is 0.726. The average Bonchev–Trinajstić information content (AvgIpc) is 2.62. The number of ether oxygens (including phenoxy) is 1. The lowest BCUT2D eigenvalue weighted by molar-refractivity contribution is 0.0927. The molecule has 1 aliphatic rings. The fourth-order valence-electron chi connectivity index (χ4n) is 2.99. The molecule has 1 saturated carbocycles. The minimum Gasteiger partial charge on any atom is -0.489 e. The Labute approximate surface area is 148 Å². The minimum absolute atomic E-state index is 0.000413. The molecule has 1 N–H and O–H groups in total. The van der Waals surface area contributed by atoms with Crippen LogP contribution in [0.15, 0.2) is 48.5 Å². The van der Waals surface area contributed by atoms with Gasteiger partial charge in [0.25, 0.3) is 5.91 Å². The third-order valence-electron chi connectivity index (χ3n) is 4.41. The molecule has 2 aromatic rings. The van der Waals surface area contributed by atoms with Crippen molar-refractivity contribution >= 4 is 17.5 Å². The summed E-state index contributed by atoms with van der Waals surface area (Å²) in [6, 6.07) is 15.2. The zero-order valence-electron chi connectivity index (χ0n) is 13.6. The summed E-state index contributed by atoms with van der Waals surface area (Å²) in [5.41, 5.74) is 1.61. The second-order valence-corrected chi connectivity index (χ2v) is 6.62. The molecule has 24 heavy (non-hydrogen) atoms. The van der Waals surface area contributed by atoms with Gasteiger partial charge in [0.1, 0.15) is 12.4 Å². The Morgan fingerprint density at radius 3 is 2.46 bits per heavy atom. The molecule has 0 spiro atoms. The zero-order chi connectivity index (χ0) is 16.8. The van der Waals surface area contributed by atoms with Crippen LogP contribution in [0, 0.1) is 0 Å². The molecule has 0 atom stereocenters. The Bertz CT molecular complexity index is 678. The van der Waals surface area contributed by atoms with Gasteiger partial charge in [-0.05, 0) is 43.2 Å². The first-order valence-electron chi connectivity index (χ1n) is 8.49. The second kappa shape index (κ2) is 8.20. The molecular weight excluding hydrogens is 322 g/mol. The number of hydrogen-bond acceptors (Lipinski definition) is 2. The highest BCUT2D eigenvalue weighted by Gasteiger charge is 2.16. The number of hydrogen-bond donors (Lipinski definition) is 1. The van der Waals surface area contributed by atoms with Crippen molar-refractivity contribution in [2.75, 3.05) is 0 Å². The molecule has 3 rings (SSSR count). The van der Waals surface area contributed by atoms with Crippen molar-refractivity contribution in [2.24, 2.45) is 0 Å². The smallest absolute Gasteiger partial charge is 0.251 e. The lowest BCUT2D eigenvalue weighted by atomic mass is 9.95. The number of halogens is 1. The molecule has 126 valence electrons. The first-order chi connectivity index (χ1) is 11.7. The van der Waals surface area contributed by atoms with Crippen molar-refractivity contribution in [3.05, 3.63) is 64.7 Å². The summed E-state index contributed by atoms with van der Waals surface area (Å²) in [7, 11) is 0. The molecule has 0 aromatic heterocycles. The number of rotatable bonds is 5. The van der Waals surface area contributed by atoms with Crippen LogP contribution in [0.25, 0.3) is 0 Å². The van der Waals surface area contributed by atoms with Gasteiger partial charge in [-0.25, -0.2) is 0 Å². The standard InChI is InChI=1S/C20H22ClNO2/c21-19-9-5-4-6-16(19)14-24-18-12-10-15(11-13-18)20(23)22-17-7-2-1-3-8-17/h4-6,9-13,17H,1-3,7-8,14H2,(H,22,23). The maximum absolute atomic E-state index is 12.3. The van der Waals surface area contributed by atoms with Crippen LogP contribution in [-0.2, 0) is 6.61 Å². The molecular formula is C20H22ClNO2. The van der Waals surface area contributed by atoms with Gasteiger partial charge < -0.3 is 10.1 Å². The molecule has 2 aromatic carbocycles. The van der Waals surface area contributed by atoms with E-state index in [1.165, 1.54) is 19.3 Å². The minimum atomic E-state index is -0.000413. The number of amides is 1. The molecule has 0 heterocycles. The highest BCUT2D eigenvalue weighted by atomic mass is 35.5. The monoisotopic (exact) mass is 343 g/mol. The van der Waals surface area contributed by atoms with Crippen LogP contribution < -0.4 is 10.1 Å². The number of nitrogens with one attached hydrogen (secondary N) is 1. The molecule has 1 amide bonds. The Balaban J connectivity index is 1.54. The number of carbonyl (C=O) groups excluding carboxylic acids is 1. The summed E-state index contributed by atoms with van der Waals surface area (Å²) in [6.07, 6.45) is 5.87. The summed E-state index contributed by atoms with van der Waals surface area (Å²) in [6.45, 7) is 0.410. The lowest BCUT2D eigenvalue weighted by Gasteiger charge is -2.22. The first-order valence-corrected chi connectivity index (χ1v) is 8.87. The van der Waals surface area contributed by atoms with E-state index >= 15 is 0 Å². The molecule has 0 aliphatic heterocycles. The topological polar surface area (TPSA) is 38.3 Å². The van der Waals surface area contributed by atoms with E-state index in [2.05, 4.69) is 5.32 Å². The molecule has 1 aliphatic carbocycles. The fraction of sp³-hybridized carbons (Fsp3) is 0.350. The van der Waals surface area contributed by atoms with Gasteiger partial charge in [-0.1, -0.05) is 49.1 Å². The van der Waals surface area contributed by atoms with E-state index in [9.17, 15) is 4.79 Å². The van der Waals surface area contributed by atoms with Gasteiger partial charge in [-0.15, -0.1) is 0 Å². The highest BCUT2D eigenvalue weighted by Crippen LogP contribution is 2.20. The van der Waals surface area contributed by atoms with Gasteiger partial charge in [-0.3, -0.25) is 4.79 Å². The van der Waals surface area contributed by atoms with Gasteiger partial charge in [-0.2, -0.15) is 0 Å². The summed E-state index contributed by atoms with van der Waals surface area (Å²) in [4.78, 5) is 12.3. The van der Waals surface area contributed by atoms with Gasteiger partial charge in [0.15, 0.2) is 0 Å². The Kier molecular flexibility index (Phi) is 5.76. The average molecular weight is 344 g/mol. The largest absolute Gasteiger partial charge is 0.489 e. The van der Waals surface area contributed by atoms with E-state index in [4.69, 9.17) is 16.3 Å². The van der Waals surface area contributed by atoms with Crippen LogP contribution in [0.4, 0.5) is 0 Å². The van der Waals surface area contributed by atoms with Crippen molar-refractivity contribution in [3.63, 3.8) is 0 Å². The normalized spacial score (nSPS) is 15.0. The lowest BCUT2D eigenvalue weighted by Crippen LogP contribution is -2.36. The maximum atomic E-state index is 12.3. The molecule has 0 unspecified atom stereocenters. The van der Waals surface area contributed by atoms with Crippen molar-refractivity contribution in [3.8, 4) is 5.75 Å². The third-order valence-corrected chi connectivity index (χ3v) is 4.78. The Hall–Kier alpha value is -2.00. The van der Waals surface area contributed by atoms with E-state index in [1.807, 2.05) is 36.4 Å². The van der Waals surface area contributed by atoms with E-state index in [0.29, 0.717) is 23.2 Å². The van der Waals surface area contributed by atoms with E-state index in [0.717, 1.165) is 24.2 Å². The number of benzene rings is 2. The predicted molar refractivity (Wildman–Crippen MR) is 96.6 cm³/mol. The number of carbonyl (C=O) groups is 1. The quantitative estimate of drug-likeness (QED) is 0.831. The maximum Gasteiger partial charge on any atom is 0.251 e. The van der Waals surface area contributed by atoms with Gasteiger partial charge in [0.2, 0.25) is 0 Å². The van der Waals surface area contributed by atoms with Crippen molar-refractivity contribution < 1.29 is 9.53 Å². The van der Waals surface area contributed by atoms with Crippen LogP contribution in [0.3, 0.4) is 0 Å². The van der Waals surface area contributed by atoms with E-state index < -0.39 is 0 Å². The SMILES string of the molecule is O=C(NC1CCCCC1)c1ccc(OCc2ccccc2Cl)cc1. The van der Waals surface area contributed by atoms with Crippen LogP contribution in [-0.4, -0.2) is 11.9 Å². The summed E-state index contributed by atoms with van der Waals surface area (Å²) < 4.78 is 5.74. The van der Waals surface area contributed by atoms with Crippen LogP contribution >= 0.6 is 11.6 Å². The van der Waals surface area contributed by atoms with Gasteiger partial charge in [0.05, 0.1) is 0 Å². The van der Waals surface area contributed by atoms with Gasteiger partial charge in [0, 0.05) is 22.2 Å². The molecule has 4 heteroatoms. The first kappa shape index (κ1) is 16.8. The Morgan fingerprint density at radius 2 is 1.75 bits per heavy atom. The van der Waals surface area contributed by atoms with Crippen molar-refractivity contribution in [1.29, 1.82) is 0 Å². The third kappa shape index (κ3) is 4.51. The predicted octanol–water partition coefficient (Wildman–Crippen LogP) is 4.98. The van der Waals surface area contributed by atoms with Gasteiger partial charge >= 0.3 is 0 Å². The van der Waals surface area contributed by atoms with Crippen molar-refractivity contribution in [2.45, 2.75) is 44.8 Å². The van der Waals surface area contributed by atoms with E-state index in [1.54, 1.807) is 12.1 Å². The molecule has 0 saturated heterocycles. The molecule has 0 bridgehead atoms. The van der Waals surface area contributed by atoms with Crippen molar-refractivity contribution in [1.82, 2.24) is 5.32 Å². The fourth-order valence-corrected chi connectivity index (χ4v) is 3.19. The Morgan fingerprint density at radius 1 is 1.04 bits per heavy atom. The van der Waals surface area contributed by atoms with Crippen LogP contribution in [0.5, 0.6) is 5.75 Å². The second-order valence-electron chi connectivity index (χ2n) is 6.21. The van der Waals surface area contributed by atoms with Crippen LogP contribution in [0.1, 0.15) is 48.0 Å². The highest BCUT2D eigenvalue weighted by molar-refractivity contribution is 6.31. The van der Waals surface area contributed by atoms with E-state index in [-0.39, 0.29) is 5.91 Å². The molecule has 0 radical (unpaired) electrons.